The first kappa shape index (κ1) is 11.9. The van der Waals surface area contributed by atoms with Gasteiger partial charge in [0.25, 0.3) is 5.92 Å². The molecule has 0 aromatic heterocycles. The minimum atomic E-state index is -5.02. The van der Waals surface area contributed by atoms with Crippen LogP contribution in [0.2, 0.25) is 0 Å². The number of benzene rings is 1. The van der Waals surface area contributed by atoms with Gasteiger partial charge in [-0.15, -0.1) is 4.91 Å². The average Bonchev–Trinajstić information content (AvgIpc) is 2.83. The number of rotatable bonds is 2. The topological polar surface area (TPSA) is 29.4 Å². The van der Waals surface area contributed by atoms with Crippen molar-refractivity contribution < 1.29 is 22.0 Å². The summed E-state index contributed by atoms with van der Waals surface area (Å²) >= 11 is 0. The summed E-state index contributed by atoms with van der Waals surface area (Å²) in [6.45, 7) is 0. The molecule has 1 aliphatic rings. The van der Waals surface area contributed by atoms with Gasteiger partial charge in [0, 0.05) is 6.42 Å². The van der Waals surface area contributed by atoms with E-state index in [9.17, 15) is 26.9 Å². The van der Waals surface area contributed by atoms with Gasteiger partial charge in [-0.25, -0.2) is 8.78 Å². The van der Waals surface area contributed by atoms with Crippen molar-refractivity contribution in [3.8, 4) is 0 Å². The third-order valence-corrected chi connectivity index (χ3v) is 2.94. The molecule has 1 unspecified atom stereocenters. The molecular formula is C10H6F5NO. The third-order valence-electron chi connectivity index (χ3n) is 2.94. The third kappa shape index (κ3) is 1.52. The van der Waals surface area contributed by atoms with Crippen LogP contribution in [0.1, 0.15) is 12.0 Å². The maximum atomic E-state index is 13.0. The Morgan fingerprint density at radius 3 is 1.88 bits per heavy atom. The van der Waals surface area contributed by atoms with Crippen LogP contribution in [0.5, 0.6) is 0 Å². The van der Waals surface area contributed by atoms with Gasteiger partial charge in [0.05, 0.1) is 0 Å². The second-order valence-electron chi connectivity index (χ2n) is 3.92. The van der Waals surface area contributed by atoms with Crippen molar-refractivity contribution in [1.82, 2.24) is 0 Å². The molecule has 0 bridgehead atoms. The van der Waals surface area contributed by atoms with Gasteiger partial charge >= 0.3 is 6.18 Å². The summed E-state index contributed by atoms with van der Waals surface area (Å²) in [7, 11) is 0. The first-order chi connectivity index (χ1) is 7.74. The van der Waals surface area contributed by atoms with Gasteiger partial charge in [-0.2, -0.15) is 13.2 Å². The number of alkyl halides is 5. The Kier molecular flexibility index (Phi) is 2.28. The highest BCUT2D eigenvalue weighted by Crippen LogP contribution is 2.68. The highest BCUT2D eigenvalue weighted by Gasteiger charge is 2.84. The van der Waals surface area contributed by atoms with Crippen LogP contribution >= 0.6 is 0 Å². The molecule has 1 aromatic rings. The monoisotopic (exact) mass is 251 g/mol. The van der Waals surface area contributed by atoms with Crippen molar-refractivity contribution in [2.45, 2.75) is 23.9 Å². The molecule has 2 nitrogen and oxygen atoms in total. The van der Waals surface area contributed by atoms with E-state index in [1.54, 1.807) is 0 Å². The Morgan fingerprint density at radius 2 is 1.59 bits per heavy atom. The molecular weight excluding hydrogens is 245 g/mol. The lowest BCUT2D eigenvalue weighted by Gasteiger charge is -2.20. The Hall–Kier alpha value is -1.53. The summed E-state index contributed by atoms with van der Waals surface area (Å²) < 4.78 is 64.1. The Bertz CT molecular complexity index is 453. The van der Waals surface area contributed by atoms with Gasteiger partial charge < -0.3 is 0 Å². The van der Waals surface area contributed by atoms with Crippen LogP contribution in [-0.4, -0.2) is 12.1 Å². The van der Waals surface area contributed by atoms with Crippen molar-refractivity contribution in [3.05, 3.63) is 34.7 Å². The van der Waals surface area contributed by atoms with Crippen molar-refractivity contribution in [1.29, 1.82) is 0 Å². The number of nitrogens with zero attached hydrogens (tertiary/aromatic N) is 1. The minimum Gasteiger partial charge on any atom is -0.205 e. The molecule has 92 valence electrons. The van der Waals surface area contributed by atoms with E-state index < -0.39 is 29.5 Å². The number of halogens is 5. The highest BCUT2D eigenvalue weighted by atomic mass is 19.4. The minimum absolute atomic E-state index is 0.102. The molecule has 2 rings (SSSR count). The van der Waals surface area contributed by atoms with Crippen LogP contribution in [-0.2, 0) is 5.41 Å². The summed E-state index contributed by atoms with van der Waals surface area (Å²) in [5.74, 6) is -3.79. The van der Waals surface area contributed by atoms with E-state index in [-0.39, 0.29) is 5.69 Å². The van der Waals surface area contributed by atoms with E-state index in [0.29, 0.717) is 0 Å². The molecule has 0 N–H and O–H groups in total. The fourth-order valence-electron chi connectivity index (χ4n) is 1.88. The number of nitroso groups, excluding NO2 is 1. The van der Waals surface area contributed by atoms with Gasteiger partial charge in [-0.05, 0) is 22.9 Å². The van der Waals surface area contributed by atoms with E-state index >= 15 is 0 Å². The summed E-state index contributed by atoms with van der Waals surface area (Å²) in [5.41, 5.74) is -3.75. The first-order valence-corrected chi connectivity index (χ1v) is 4.63. The molecule has 1 aromatic carbocycles. The van der Waals surface area contributed by atoms with Crippen molar-refractivity contribution in [3.63, 3.8) is 0 Å². The Morgan fingerprint density at radius 1 is 1.12 bits per heavy atom. The average molecular weight is 251 g/mol. The van der Waals surface area contributed by atoms with Gasteiger partial charge in [-0.1, -0.05) is 12.1 Å². The first-order valence-electron chi connectivity index (χ1n) is 4.63. The van der Waals surface area contributed by atoms with E-state index in [1.165, 1.54) is 0 Å². The summed E-state index contributed by atoms with van der Waals surface area (Å²) in [5, 5.41) is 2.49. The molecule has 0 amide bonds. The second-order valence-corrected chi connectivity index (χ2v) is 3.92. The van der Waals surface area contributed by atoms with E-state index in [1.807, 2.05) is 0 Å². The standard InChI is InChI=1S/C10H6F5NO/c11-9(12)5-8(9,10(13,14)15)6-1-3-7(16-17)4-2-6/h1-4H,5H2. The molecule has 17 heavy (non-hydrogen) atoms. The maximum Gasteiger partial charge on any atom is 0.404 e. The maximum absolute atomic E-state index is 13.0. The van der Waals surface area contributed by atoms with Gasteiger partial charge in [0.1, 0.15) is 5.69 Å². The van der Waals surface area contributed by atoms with Crippen molar-refractivity contribution in [2.75, 3.05) is 0 Å². The molecule has 0 spiro atoms. The zero-order valence-corrected chi connectivity index (χ0v) is 8.26. The molecule has 1 aliphatic carbocycles. The smallest absolute Gasteiger partial charge is 0.205 e. The molecule has 7 heteroatoms. The number of hydrogen-bond acceptors (Lipinski definition) is 2. The van der Waals surface area contributed by atoms with Gasteiger partial charge in [-0.3, -0.25) is 0 Å². The summed E-state index contributed by atoms with van der Waals surface area (Å²) in [6.07, 6.45) is -6.27. The van der Waals surface area contributed by atoms with Crippen LogP contribution < -0.4 is 0 Å². The second kappa shape index (κ2) is 3.24. The van der Waals surface area contributed by atoms with Crippen LogP contribution in [0.15, 0.2) is 29.4 Å². The largest absolute Gasteiger partial charge is 0.404 e. The quantitative estimate of drug-likeness (QED) is 0.578. The normalized spacial score (nSPS) is 26.6. The summed E-state index contributed by atoms with van der Waals surface area (Å²) in [6, 6.07) is 3.71. The fraction of sp³-hybridized carbons (Fsp3) is 0.400. The predicted molar refractivity (Wildman–Crippen MR) is 49.2 cm³/mol. The molecule has 0 aliphatic heterocycles. The van der Waals surface area contributed by atoms with E-state index in [4.69, 9.17) is 0 Å². The molecule has 0 radical (unpaired) electrons. The lowest BCUT2D eigenvalue weighted by molar-refractivity contribution is -0.182. The van der Waals surface area contributed by atoms with Crippen molar-refractivity contribution >= 4 is 5.69 Å². The highest BCUT2D eigenvalue weighted by molar-refractivity contribution is 5.46. The summed E-state index contributed by atoms with van der Waals surface area (Å²) in [4.78, 5) is 10.1. The predicted octanol–water partition coefficient (Wildman–Crippen LogP) is 3.92. The van der Waals surface area contributed by atoms with Crippen LogP contribution in [0, 0.1) is 4.91 Å². The molecule has 1 fully saturated rings. The zero-order chi connectivity index (χ0) is 12.9. The van der Waals surface area contributed by atoms with E-state index in [0.717, 1.165) is 24.3 Å². The van der Waals surface area contributed by atoms with Crippen LogP contribution in [0.4, 0.5) is 27.6 Å². The zero-order valence-electron chi connectivity index (χ0n) is 8.26. The Balaban J connectivity index is 2.46. The molecule has 0 heterocycles. The SMILES string of the molecule is O=Nc1ccc(C2(C(F)(F)F)CC2(F)F)cc1. The molecule has 1 saturated carbocycles. The van der Waals surface area contributed by atoms with Gasteiger partial charge in [0.15, 0.2) is 5.41 Å². The number of hydrogen-bond donors (Lipinski definition) is 0. The lowest BCUT2D eigenvalue weighted by atomic mass is 9.94. The fourth-order valence-corrected chi connectivity index (χ4v) is 1.88. The molecule has 0 saturated heterocycles. The van der Waals surface area contributed by atoms with E-state index in [2.05, 4.69) is 5.18 Å². The van der Waals surface area contributed by atoms with Crippen LogP contribution in [0.3, 0.4) is 0 Å². The molecule has 1 atom stereocenters. The lowest BCUT2D eigenvalue weighted by Crippen LogP contribution is -2.34. The van der Waals surface area contributed by atoms with Crippen LogP contribution in [0.25, 0.3) is 0 Å². The van der Waals surface area contributed by atoms with Gasteiger partial charge in [0.2, 0.25) is 0 Å². The van der Waals surface area contributed by atoms with Crippen molar-refractivity contribution in [2.24, 2.45) is 5.18 Å². The Labute approximate surface area is 92.4 Å².